The first-order valence-electron chi connectivity index (χ1n) is 7.87. The van der Waals surface area contributed by atoms with Gasteiger partial charge in [0.15, 0.2) is 0 Å². The number of carbonyl (C=O) groups is 1. The van der Waals surface area contributed by atoms with Crippen LogP contribution in [0.2, 0.25) is 10.0 Å². The van der Waals surface area contributed by atoms with Crippen molar-refractivity contribution in [3.63, 3.8) is 0 Å². The van der Waals surface area contributed by atoms with Gasteiger partial charge in [0.1, 0.15) is 6.04 Å². The molecule has 1 aromatic heterocycles. The molecule has 1 N–H and O–H groups in total. The van der Waals surface area contributed by atoms with Crippen LogP contribution in [-0.4, -0.2) is 38.8 Å². The first-order valence-corrected chi connectivity index (χ1v) is 8.63. The molecule has 24 heavy (non-hydrogen) atoms. The fourth-order valence-electron chi connectivity index (χ4n) is 3.46. The molecule has 2 aromatic rings. The molecule has 7 heteroatoms. The second-order valence-corrected chi connectivity index (χ2v) is 6.86. The second kappa shape index (κ2) is 7.13. The van der Waals surface area contributed by atoms with Crippen molar-refractivity contribution in [1.29, 1.82) is 0 Å². The summed E-state index contributed by atoms with van der Waals surface area (Å²) in [5, 5.41) is 14.7. The van der Waals surface area contributed by atoms with Crippen LogP contribution in [0.5, 0.6) is 0 Å². The third-order valence-electron chi connectivity index (χ3n) is 4.68. The molecule has 0 spiro atoms. The van der Waals surface area contributed by atoms with Gasteiger partial charge in [0.2, 0.25) is 0 Å². The summed E-state index contributed by atoms with van der Waals surface area (Å²) in [4.78, 5) is 13.8. The molecule has 1 atom stereocenters. The number of carboxylic acid groups (broad SMARTS) is 1. The number of likely N-dealkylation sites (tertiary alicyclic amines) is 1. The molecule has 5 nitrogen and oxygen atoms in total. The number of rotatable bonds is 4. The minimum absolute atomic E-state index is 0.320. The van der Waals surface area contributed by atoms with Crippen molar-refractivity contribution in [1.82, 2.24) is 14.7 Å². The van der Waals surface area contributed by atoms with Crippen LogP contribution in [0.15, 0.2) is 30.5 Å². The van der Waals surface area contributed by atoms with Gasteiger partial charge < -0.3 is 5.11 Å². The van der Waals surface area contributed by atoms with Gasteiger partial charge in [-0.2, -0.15) is 5.10 Å². The first kappa shape index (κ1) is 17.3. The average molecular weight is 368 g/mol. The van der Waals surface area contributed by atoms with Gasteiger partial charge in [-0.05, 0) is 38.1 Å². The van der Waals surface area contributed by atoms with Crippen LogP contribution in [0.4, 0.5) is 0 Å². The minimum Gasteiger partial charge on any atom is -0.480 e. The lowest BCUT2D eigenvalue weighted by Gasteiger charge is -2.36. The van der Waals surface area contributed by atoms with E-state index in [1.165, 1.54) is 5.69 Å². The fourth-order valence-corrected chi connectivity index (χ4v) is 3.87. The van der Waals surface area contributed by atoms with Crippen LogP contribution in [0.1, 0.15) is 36.1 Å². The molecule has 1 aliphatic heterocycles. The lowest BCUT2D eigenvalue weighted by molar-refractivity contribution is -0.144. The fraction of sp³-hybridized carbons (Fsp3) is 0.412. The summed E-state index contributed by atoms with van der Waals surface area (Å²) >= 11 is 12.3. The normalized spacial score (nSPS) is 17.8. The van der Waals surface area contributed by atoms with E-state index in [2.05, 4.69) is 5.10 Å². The maximum absolute atomic E-state index is 11.9. The number of carboxylic acids is 1. The quantitative estimate of drug-likeness (QED) is 0.894. The monoisotopic (exact) mass is 367 g/mol. The first-order chi connectivity index (χ1) is 11.5. The Hall–Kier alpha value is -1.56. The van der Waals surface area contributed by atoms with Gasteiger partial charge in [-0.25, -0.2) is 0 Å². The zero-order chi connectivity index (χ0) is 17.3. The Kier molecular flexibility index (Phi) is 5.13. The zero-order valence-electron chi connectivity index (χ0n) is 13.3. The Morgan fingerprint density at radius 3 is 2.58 bits per heavy atom. The molecule has 0 saturated carbocycles. The van der Waals surface area contributed by atoms with E-state index in [1.807, 2.05) is 22.7 Å². The summed E-state index contributed by atoms with van der Waals surface area (Å²) in [6.45, 7) is 1.38. The summed E-state index contributed by atoms with van der Waals surface area (Å²) in [6.07, 6.45) is 3.58. The van der Waals surface area contributed by atoms with Crippen molar-refractivity contribution in [2.45, 2.75) is 24.8 Å². The zero-order valence-corrected chi connectivity index (χ0v) is 14.8. The highest BCUT2D eigenvalue weighted by atomic mass is 35.5. The summed E-state index contributed by atoms with van der Waals surface area (Å²) < 4.78 is 1.89. The number of benzene rings is 1. The SMILES string of the molecule is Cn1nccc1C1CCN(C(C(=O)O)c2cccc(Cl)c2Cl)CC1. The van der Waals surface area contributed by atoms with Gasteiger partial charge in [0.25, 0.3) is 0 Å². The second-order valence-electron chi connectivity index (χ2n) is 6.07. The van der Waals surface area contributed by atoms with Crippen molar-refractivity contribution in [3.8, 4) is 0 Å². The Balaban J connectivity index is 1.79. The number of aliphatic carboxylic acids is 1. The lowest BCUT2D eigenvalue weighted by atomic mass is 9.91. The van der Waals surface area contributed by atoms with Crippen molar-refractivity contribution >= 4 is 29.2 Å². The largest absolute Gasteiger partial charge is 0.480 e. The Morgan fingerprint density at radius 1 is 1.29 bits per heavy atom. The number of aromatic nitrogens is 2. The predicted octanol–water partition coefficient (Wildman–Crippen LogP) is 3.73. The van der Waals surface area contributed by atoms with Gasteiger partial charge in [-0.3, -0.25) is 14.4 Å². The number of hydrogen-bond acceptors (Lipinski definition) is 3. The van der Waals surface area contributed by atoms with Gasteiger partial charge in [-0.1, -0.05) is 35.3 Å². The van der Waals surface area contributed by atoms with Crippen LogP contribution in [0, 0.1) is 0 Å². The molecule has 0 aliphatic carbocycles. The number of aryl methyl sites for hydroxylation is 1. The standard InChI is InChI=1S/C17H19Cl2N3O2/c1-21-14(5-8-20-21)11-6-9-22(10-7-11)16(17(23)24)12-3-2-4-13(18)15(12)19/h2-5,8,11,16H,6-7,9-10H2,1H3,(H,23,24). The molecule has 0 bridgehead atoms. The summed E-state index contributed by atoms with van der Waals surface area (Å²) in [5.41, 5.74) is 1.75. The molecule has 3 rings (SSSR count). The van der Waals surface area contributed by atoms with E-state index in [0.29, 0.717) is 34.6 Å². The molecule has 0 amide bonds. The molecule has 0 radical (unpaired) electrons. The Labute approximate surface area is 150 Å². The summed E-state index contributed by atoms with van der Waals surface area (Å²) in [7, 11) is 1.94. The van der Waals surface area contributed by atoms with Crippen LogP contribution < -0.4 is 0 Å². The van der Waals surface area contributed by atoms with Crippen molar-refractivity contribution in [2.24, 2.45) is 7.05 Å². The molecule has 2 heterocycles. The van der Waals surface area contributed by atoms with Gasteiger partial charge in [-0.15, -0.1) is 0 Å². The highest BCUT2D eigenvalue weighted by Crippen LogP contribution is 2.36. The number of nitrogens with zero attached hydrogens (tertiary/aromatic N) is 3. The molecule has 1 aromatic carbocycles. The molecule has 1 saturated heterocycles. The molecular weight excluding hydrogens is 349 g/mol. The van der Waals surface area contributed by atoms with Gasteiger partial charge in [0.05, 0.1) is 10.0 Å². The van der Waals surface area contributed by atoms with E-state index in [9.17, 15) is 9.90 Å². The van der Waals surface area contributed by atoms with E-state index in [-0.39, 0.29) is 0 Å². The lowest BCUT2D eigenvalue weighted by Crippen LogP contribution is -2.40. The van der Waals surface area contributed by atoms with Crippen LogP contribution in [0.25, 0.3) is 0 Å². The maximum Gasteiger partial charge on any atom is 0.325 e. The van der Waals surface area contributed by atoms with Gasteiger partial charge in [0, 0.05) is 30.4 Å². The molecule has 1 unspecified atom stereocenters. The minimum atomic E-state index is -0.904. The van der Waals surface area contributed by atoms with Crippen molar-refractivity contribution in [3.05, 3.63) is 51.8 Å². The number of halogens is 2. The molecular formula is C17H19Cl2N3O2. The smallest absolute Gasteiger partial charge is 0.325 e. The highest BCUT2D eigenvalue weighted by molar-refractivity contribution is 6.42. The average Bonchev–Trinajstić information content (AvgIpc) is 2.98. The topological polar surface area (TPSA) is 58.4 Å². The third-order valence-corrected chi connectivity index (χ3v) is 5.52. The van der Waals surface area contributed by atoms with Crippen LogP contribution in [0.3, 0.4) is 0 Å². The molecule has 1 aliphatic rings. The Morgan fingerprint density at radius 2 is 2.00 bits per heavy atom. The number of hydrogen-bond donors (Lipinski definition) is 1. The summed E-state index contributed by atoms with van der Waals surface area (Å²) in [5.74, 6) is -0.504. The maximum atomic E-state index is 11.9. The van der Waals surface area contributed by atoms with Crippen LogP contribution in [-0.2, 0) is 11.8 Å². The van der Waals surface area contributed by atoms with Crippen LogP contribution >= 0.6 is 23.2 Å². The van der Waals surface area contributed by atoms with E-state index in [1.54, 1.807) is 24.4 Å². The van der Waals surface area contributed by atoms with E-state index < -0.39 is 12.0 Å². The summed E-state index contributed by atoms with van der Waals surface area (Å²) in [6, 6.07) is 6.40. The van der Waals surface area contributed by atoms with Crippen molar-refractivity contribution in [2.75, 3.05) is 13.1 Å². The van der Waals surface area contributed by atoms with E-state index in [4.69, 9.17) is 23.2 Å². The van der Waals surface area contributed by atoms with Gasteiger partial charge >= 0.3 is 5.97 Å². The molecule has 1 fully saturated rings. The highest BCUT2D eigenvalue weighted by Gasteiger charge is 2.33. The molecule has 128 valence electrons. The third kappa shape index (κ3) is 3.29. The van der Waals surface area contributed by atoms with E-state index >= 15 is 0 Å². The van der Waals surface area contributed by atoms with E-state index in [0.717, 1.165) is 12.8 Å². The van der Waals surface area contributed by atoms with Crippen molar-refractivity contribution < 1.29 is 9.90 Å². The Bertz CT molecular complexity index is 739. The predicted molar refractivity (Wildman–Crippen MR) is 93.6 cm³/mol. The number of piperidine rings is 1.